The number of hydrogen-bond acceptors (Lipinski definition) is 5. The van der Waals surface area contributed by atoms with E-state index in [-0.39, 0.29) is 11.4 Å². The summed E-state index contributed by atoms with van der Waals surface area (Å²) in [5, 5.41) is 13.4. The number of non-ortho nitro benzene ring substituents is 1. The molecule has 2 aromatic carbocycles. The van der Waals surface area contributed by atoms with Gasteiger partial charge < -0.3 is 14.8 Å². The topological polar surface area (TPSA) is 90.7 Å². The molecule has 2 rings (SSSR count). The summed E-state index contributed by atoms with van der Waals surface area (Å²) in [6, 6.07) is 11.1. The molecule has 0 spiro atoms. The fourth-order valence-electron chi connectivity index (χ4n) is 1.93. The third-order valence-corrected chi connectivity index (χ3v) is 3.63. The van der Waals surface area contributed by atoms with E-state index in [0.717, 1.165) is 4.47 Å². The quantitative estimate of drug-likeness (QED) is 0.594. The van der Waals surface area contributed by atoms with E-state index < -0.39 is 16.9 Å². The van der Waals surface area contributed by atoms with Crippen LogP contribution in [0.4, 0.5) is 11.4 Å². The zero-order valence-electron chi connectivity index (χ0n) is 13.0. The molecule has 1 N–H and O–H groups in total. The number of nitrogens with one attached hydrogen (secondary N) is 1. The van der Waals surface area contributed by atoms with Crippen LogP contribution in [-0.4, -0.2) is 24.0 Å². The van der Waals surface area contributed by atoms with Crippen molar-refractivity contribution in [2.75, 3.05) is 12.4 Å². The predicted molar refractivity (Wildman–Crippen MR) is 92.5 cm³/mol. The second-order valence-electron chi connectivity index (χ2n) is 4.85. The van der Waals surface area contributed by atoms with Gasteiger partial charge in [-0.1, -0.05) is 22.0 Å². The number of methoxy groups -OCH3 is 1. The van der Waals surface area contributed by atoms with Gasteiger partial charge in [-0.05, 0) is 31.2 Å². The average molecular weight is 395 g/mol. The van der Waals surface area contributed by atoms with E-state index in [1.54, 1.807) is 25.1 Å². The molecule has 24 heavy (non-hydrogen) atoms. The minimum atomic E-state index is -0.765. The summed E-state index contributed by atoms with van der Waals surface area (Å²) >= 11 is 3.33. The number of ether oxygens (including phenoxy) is 2. The average Bonchev–Trinajstić information content (AvgIpc) is 2.54. The molecule has 0 aromatic heterocycles. The molecular weight excluding hydrogens is 380 g/mol. The van der Waals surface area contributed by atoms with Crippen molar-refractivity contribution < 1.29 is 19.2 Å². The molecular formula is C16H15BrN2O5. The van der Waals surface area contributed by atoms with Crippen molar-refractivity contribution in [2.24, 2.45) is 0 Å². The predicted octanol–water partition coefficient (Wildman–Crippen LogP) is 3.77. The number of carbonyl (C=O) groups is 1. The number of nitro benzene ring substituents is 1. The number of anilines is 1. The van der Waals surface area contributed by atoms with Crippen molar-refractivity contribution in [3.8, 4) is 11.5 Å². The molecule has 0 saturated heterocycles. The second kappa shape index (κ2) is 7.78. The van der Waals surface area contributed by atoms with Gasteiger partial charge in [0.1, 0.15) is 11.5 Å². The van der Waals surface area contributed by atoms with E-state index in [1.807, 2.05) is 6.07 Å². The van der Waals surface area contributed by atoms with Crippen LogP contribution in [0.1, 0.15) is 6.92 Å². The molecule has 8 heteroatoms. The van der Waals surface area contributed by atoms with Gasteiger partial charge in [-0.3, -0.25) is 14.9 Å². The number of amides is 1. The molecule has 0 heterocycles. The number of nitrogens with zero attached hydrogens (tertiary/aromatic N) is 1. The van der Waals surface area contributed by atoms with Crippen LogP contribution >= 0.6 is 15.9 Å². The summed E-state index contributed by atoms with van der Waals surface area (Å²) in [5.41, 5.74) is 0.209. The maximum Gasteiger partial charge on any atom is 0.273 e. The first-order valence-electron chi connectivity index (χ1n) is 6.96. The van der Waals surface area contributed by atoms with Crippen LogP contribution in [0.2, 0.25) is 0 Å². The van der Waals surface area contributed by atoms with E-state index in [9.17, 15) is 14.9 Å². The van der Waals surface area contributed by atoms with Crippen molar-refractivity contribution in [3.63, 3.8) is 0 Å². The summed E-state index contributed by atoms with van der Waals surface area (Å²) in [6.07, 6.45) is -0.765. The first kappa shape index (κ1) is 17.7. The van der Waals surface area contributed by atoms with Gasteiger partial charge in [0.2, 0.25) is 0 Å². The van der Waals surface area contributed by atoms with E-state index >= 15 is 0 Å². The number of hydrogen-bond donors (Lipinski definition) is 1. The lowest BCUT2D eigenvalue weighted by atomic mass is 10.2. The van der Waals surface area contributed by atoms with Gasteiger partial charge in [0.05, 0.1) is 23.8 Å². The van der Waals surface area contributed by atoms with Crippen LogP contribution in [0.5, 0.6) is 11.5 Å². The monoisotopic (exact) mass is 394 g/mol. The highest BCUT2D eigenvalue weighted by atomic mass is 79.9. The van der Waals surface area contributed by atoms with Gasteiger partial charge in [-0.15, -0.1) is 0 Å². The lowest BCUT2D eigenvalue weighted by molar-refractivity contribution is -0.384. The van der Waals surface area contributed by atoms with Gasteiger partial charge in [-0.25, -0.2) is 0 Å². The Morgan fingerprint density at radius 2 is 2.04 bits per heavy atom. The molecule has 0 radical (unpaired) electrons. The lowest BCUT2D eigenvalue weighted by Gasteiger charge is -2.16. The summed E-state index contributed by atoms with van der Waals surface area (Å²) in [4.78, 5) is 22.5. The van der Waals surface area contributed by atoms with Crippen molar-refractivity contribution in [1.29, 1.82) is 0 Å². The Labute approximate surface area is 146 Å². The molecule has 0 unspecified atom stereocenters. The molecule has 7 nitrogen and oxygen atoms in total. The van der Waals surface area contributed by atoms with Gasteiger partial charge in [0.15, 0.2) is 6.10 Å². The van der Waals surface area contributed by atoms with E-state index in [0.29, 0.717) is 11.4 Å². The van der Waals surface area contributed by atoms with Crippen LogP contribution in [0, 0.1) is 10.1 Å². The zero-order chi connectivity index (χ0) is 17.7. The van der Waals surface area contributed by atoms with Crippen molar-refractivity contribution in [2.45, 2.75) is 13.0 Å². The summed E-state index contributed by atoms with van der Waals surface area (Å²) in [6.45, 7) is 1.61. The summed E-state index contributed by atoms with van der Waals surface area (Å²) in [5.74, 6) is 0.344. The number of halogens is 1. The molecule has 0 aliphatic carbocycles. The van der Waals surface area contributed by atoms with E-state index in [4.69, 9.17) is 9.47 Å². The Kier molecular flexibility index (Phi) is 5.75. The smallest absolute Gasteiger partial charge is 0.273 e. The van der Waals surface area contributed by atoms with E-state index in [1.165, 1.54) is 25.3 Å². The Morgan fingerprint density at radius 3 is 2.67 bits per heavy atom. The van der Waals surface area contributed by atoms with Gasteiger partial charge in [0, 0.05) is 10.5 Å². The van der Waals surface area contributed by atoms with Crippen molar-refractivity contribution in [3.05, 3.63) is 57.1 Å². The van der Waals surface area contributed by atoms with Crippen LogP contribution in [0.25, 0.3) is 0 Å². The van der Waals surface area contributed by atoms with Gasteiger partial charge >= 0.3 is 0 Å². The number of carbonyl (C=O) groups excluding carboxylic acids is 1. The Morgan fingerprint density at radius 1 is 1.29 bits per heavy atom. The standard InChI is InChI=1S/C16H15BrN2O5/c1-10(24-13-5-3-4-11(17)8-13)16(20)18-14-7-6-12(19(21)22)9-15(14)23-2/h3-10H,1-2H3,(H,18,20)/t10-/m1/s1. The van der Waals surface area contributed by atoms with Crippen LogP contribution in [0.3, 0.4) is 0 Å². The van der Waals surface area contributed by atoms with Crippen LogP contribution in [-0.2, 0) is 4.79 Å². The number of nitro groups is 1. The second-order valence-corrected chi connectivity index (χ2v) is 5.76. The Balaban J connectivity index is 2.09. The minimum Gasteiger partial charge on any atom is -0.494 e. The van der Waals surface area contributed by atoms with E-state index in [2.05, 4.69) is 21.2 Å². The normalized spacial score (nSPS) is 11.5. The van der Waals surface area contributed by atoms with Gasteiger partial charge in [0.25, 0.3) is 11.6 Å². The SMILES string of the molecule is COc1cc([N+](=O)[O-])ccc1NC(=O)[C@@H](C)Oc1cccc(Br)c1. The highest BCUT2D eigenvalue weighted by Crippen LogP contribution is 2.29. The molecule has 0 aliphatic heterocycles. The Bertz CT molecular complexity index is 766. The third kappa shape index (κ3) is 4.45. The third-order valence-electron chi connectivity index (χ3n) is 3.13. The van der Waals surface area contributed by atoms with Gasteiger partial charge in [-0.2, -0.15) is 0 Å². The minimum absolute atomic E-state index is 0.122. The molecule has 0 fully saturated rings. The zero-order valence-corrected chi connectivity index (χ0v) is 14.6. The maximum atomic E-state index is 12.3. The first-order valence-corrected chi connectivity index (χ1v) is 7.75. The molecule has 1 amide bonds. The number of rotatable bonds is 6. The van der Waals surface area contributed by atoms with Crippen LogP contribution in [0.15, 0.2) is 46.9 Å². The highest BCUT2D eigenvalue weighted by Gasteiger charge is 2.18. The molecule has 0 aliphatic rings. The van der Waals surface area contributed by atoms with Crippen molar-refractivity contribution in [1.82, 2.24) is 0 Å². The van der Waals surface area contributed by atoms with Crippen molar-refractivity contribution >= 4 is 33.2 Å². The fraction of sp³-hybridized carbons (Fsp3) is 0.188. The molecule has 0 saturated carbocycles. The Hall–Kier alpha value is -2.61. The molecule has 1 atom stereocenters. The summed E-state index contributed by atoms with van der Waals surface area (Å²) in [7, 11) is 1.37. The fourth-order valence-corrected chi connectivity index (χ4v) is 2.31. The molecule has 0 bridgehead atoms. The summed E-state index contributed by atoms with van der Waals surface area (Å²) < 4.78 is 11.5. The molecule has 2 aromatic rings. The maximum absolute atomic E-state index is 12.3. The van der Waals surface area contributed by atoms with Crippen LogP contribution < -0.4 is 14.8 Å². The largest absolute Gasteiger partial charge is 0.494 e. The number of benzene rings is 2. The molecule has 126 valence electrons. The highest BCUT2D eigenvalue weighted by molar-refractivity contribution is 9.10. The first-order chi connectivity index (χ1) is 11.4. The lowest BCUT2D eigenvalue weighted by Crippen LogP contribution is -2.30.